The Kier molecular flexibility index (Phi) is 4.28. The molecule has 2 atom stereocenters. The average molecular weight is 330 g/mol. The second kappa shape index (κ2) is 6.24. The first-order valence-electron chi connectivity index (χ1n) is 8.13. The summed E-state index contributed by atoms with van der Waals surface area (Å²) in [6, 6.07) is 5.30. The molecule has 7 nitrogen and oxygen atoms in total. The number of anilines is 1. The number of fused-ring (bicyclic) bond motifs is 1. The fourth-order valence-electron chi connectivity index (χ4n) is 3.26. The van der Waals surface area contributed by atoms with Crippen LogP contribution in [-0.4, -0.2) is 50.1 Å². The van der Waals surface area contributed by atoms with Crippen molar-refractivity contribution in [2.24, 2.45) is 0 Å². The minimum absolute atomic E-state index is 0.191. The van der Waals surface area contributed by atoms with Gasteiger partial charge < -0.3 is 14.6 Å². The molecular weight excluding hydrogens is 308 g/mol. The van der Waals surface area contributed by atoms with Gasteiger partial charge in [0, 0.05) is 26.4 Å². The number of benzene rings is 1. The van der Waals surface area contributed by atoms with Crippen LogP contribution in [0, 0.1) is 6.92 Å². The highest BCUT2D eigenvalue weighted by Crippen LogP contribution is 2.23. The topological polar surface area (TPSA) is 87.5 Å². The van der Waals surface area contributed by atoms with Crippen molar-refractivity contribution >= 4 is 28.8 Å². The lowest BCUT2D eigenvalue weighted by Gasteiger charge is -2.21. The lowest BCUT2D eigenvalue weighted by Crippen LogP contribution is -2.42. The number of hydrogen-bond acceptors (Lipinski definition) is 4. The van der Waals surface area contributed by atoms with Crippen molar-refractivity contribution in [2.75, 3.05) is 11.9 Å². The van der Waals surface area contributed by atoms with Crippen molar-refractivity contribution < 1.29 is 14.7 Å². The molecule has 1 aliphatic rings. The molecule has 1 saturated heterocycles. The fraction of sp³-hybridized carbons (Fsp3) is 0.471. The molecule has 1 aliphatic heterocycles. The molecule has 0 saturated carbocycles. The zero-order chi connectivity index (χ0) is 17.4. The van der Waals surface area contributed by atoms with E-state index in [2.05, 4.69) is 10.3 Å². The van der Waals surface area contributed by atoms with E-state index in [9.17, 15) is 14.7 Å². The first-order chi connectivity index (χ1) is 11.4. The first-order valence-corrected chi connectivity index (χ1v) is 8.13. The number of amides is 2. The van der Waals surface area contributed by atoms with Gasteiger partial charge in [-0.15, -0.1) is 0 Å². The molecule has 2 aromatic rings. The maximum absolute atomic E-state index is 12.6. The zero-order valence-electron chi connectivity index (χ0n) is 14.1. The molecule has 0 bridgehead atoms. The van der Waals surface area contributed by atoms with Gasteiger partial charge in [0.2, 0.25) is 17.8 Å². The summed E-state index contributed by atoms with van der Waals surface area (Å²) in [6.45, 7) is 6.24. The predicted molar refractivity (Wildman–Crippen MR) is 90.6 cm³/mol. The van der Waals surface area contributed by atoms with Gasteiger partial charge in [0.25, 0.3) is 0 Å². The van der Waals surface area contributed by atoms with Crippen LogP contribution in [0.5, 0.6) is 0 Å². The number of aliphatic hydroxyl groups excluding tert-OH is 1. The maximum atomic E-state index is 12.6. The molecule has 2 heterocycles. The second-order valence-electron chi connectivity index (χ2n) is 6.24. The number of β-amino-alcohol motifs (C(OH)–C–C–N with tert-alkyl or cyclic N) is 1. The van der Waals surface area contributed by atoms with Crippen LogP contribution in [0.4, 0.5) is 5.95 Å². The van der Waals surface area contributed by atoms with Gasteiger partial charge in [0.15, 0.2) is 0 Å². The van der Waals surface area contributed by atoms with Gasteiger partial charge in [-0.2, -0.15) is 0 Å². The third kappa shape index (κ3) is 2.87. The van der Waals surface area contributed by atoms with Crippen molar-refractivity contribution in [2.45, 2.75) is 45.9 Å². The summed E-state index contributed by atoms with van der Waals surface area (Å²) in [5.41, 5.74) is 2.87. The molecule has 0 unspecified atom stereocenters. The van der Waals surface area contributed by atoms with Crippen molar-refractivity contribution in [3.8, 4) is 0 Å². The molecule has 1 aromatic carbocycles. The molecule has 0 aliphatic carbocycles. The summed E-state index contributed by atoms with van der Waals surface area (Å²) >= 11 is 0. The second-order valence-corrected chi connectivity index (χ2v) is 6.24. The van der Waals surface area contributed by atoms with Crippen molar-refractivity contribution in [3.63, 3.8) is 0 Å². The van der Waals surface area contributed by atoms with Crippen molar-refractivity contribution in [1.29, 1.82) is 0 Å². The molecule has 2 N–H and O–H groups in total. The maximum Gasteiger partial charge on any atom is 0.249 e. The van der Waals surface area contributed by atoms with Crippen LogP contribution in [0.2, 0.25) is 0 Å². The van der Waals surface area contributed by atoms with Crippen molar-refractivity contribution in [3.05, 3.63) is 23.8 Å². The quantitative estimate of drug-likeness (QED) is 0.887. The minimum atomic E-state index is -0.669. The summed E-state index contributed by atoms with van der Waals surface area (Å²) in [6.07, 6.45) is -0.422. The number of nitrogens with zero attached hydrogens (tertiary/aromatic N) is 3. The third-order valence-corrected chi connectivity index (χ3v) is 4.44. The molecule has 3 rings (SSSR count). The Morgan fingerprint density at radius 3 is 2.83 bits per heavy atom. The molecule has 24 heavy (non-hydrogen) atoms. The number of imidazole rings is 1. The van der Waals surface area contributed by atoms with Gasteiger partial charge >= 0.3 is 0 Å². The number of aliphatic hydroxyl groups is 1. The van der Waals surface area contributed by atoms with Gasteiger partial charge in [0.05, 0.1) is 17.1 Å². The number of hydrogen-bond donors (Lipinski definition) is 2. The molecule has 7 heteroatoms. The Hall–Kier alpha value is -2.41. The molecule has 0 spiro atoms. The number of aryl methyl sites for hydroxylation is 2. The fourth-order valence-corrected chi connectivity index (χ4v) is 3.26. The Labute approximate surface area is 140 Å². The highest BCUT2D eigenvalue weighted by molar-refractivity contribution is 5.97. The van der Waals surface area contributed by atoms with Crippen LogP contribution in [-0.2, 0) is 16.1 Å². The molecule has 1 aromatic heterocycles. The monoisotopic (exact) mass is 330 g/mol. The van der Waals surface area contributed by atoms with E-state index in [1.165, 1.54) is 11.8 Å². The van der Waals surface area contributed by atoms with E-state index >= 15 is 0 Å². The minimum Gasteiger partial charge on any atom is -0.391 e. The van der Waals surface area contributed by atoms with E-state index in [1.54, 1.807) is 0 Å². The lowest BCUT2D eigenvalue weighted by molar-refractivity contribution is -0.134. The van der Waals surface area contributed by atoms with E-state index < -0.39 is 12.1 Å². The van der Waals surface area contributed by atoms with Crippen LogP contribution in [0.15, 0.2) is 18.2 Å². The standard InChI is InChI=1S/C17H22N4O3/c1-4-20-14-6-5-10(2)7-13(14)18-17(20)19-16(24)15-8-12(23)9-21(15)11(3)22/h5-7,12,15,23H,4,8-9H2,1-3H3,(H,18,19,24)/t12-,15-/m1/s1. The van der Waals surface area contributed by atoms with E-state index in [-0.39, 0.29) is 24.8 Å². The smallest absolute Gasteiger partial charge is 0.249 e. The summed E-state index contributed by atoms with van der Waals surface area (Å²) in [5.74, 6) is -0.0669. The van der Waals surface area contributed by atoms with E-state index in [0.29, 0.717) is 12.5 Å². The normalized spacial score (nSPS) is 20.6. The average Bonchev–Trinajstić information content (AvgIpc) is 3.06. The van der Waals surface area contributed by atoms with E-state index in [1.807, 2.05) is 36.6 Å². The molecular formula is C17H22N4O3. The van der Waals surface area contributed by atoms with Crippen LogP contribution in [0.3, 0.4) is 0 Å². The zero-order valence-corrected chi connectivity index (χ0v) is 14.1. The Bertz CT molecular complexity index is 798. The van der Waals surface area contributed by atoms with Crippen LogP contribution in [0.1, 0.15) is 25.8 Å². The molecule has 0 radical (unpaired) electrons. The molecule has 2 amide bonds. The summed E-state index contributed by atoms with van der Waals surface area (Å²) in [4.78, 5) is 30.2. The Morgan fingerprint density at radius 1 is 1.42 bits per heavy atom. The number of rotatable bonds is 3. The van der Waals surface area contributed by atoms with E-state index in [4.69, 9.17) is 0 Å². The van der Waals surface area contributed by atoms with Crippen LogP contribution in [0.25, 0.3) is 11.0 Å². The SMILES string of the molecule is CCn1c(NC(=O)[C@H]2C[C@@H](O)CN2C(C)=O)nc2cc(C)ccc21. The number of carbonyl (C=O) groups is 2. The number of carbonyl (C=O) groups excluding carboxylic acids is 2. The number of likely N-dealkylation sites (tertiary alicyclic amines) is 1. The Balaban J connectivity index is 1.89. The van der Waals surface area contributed by atoms with Gasteiger partial charge in [0.1, 0.15) is 6.04 Å². The largest absolute Gasteiger partial charge is 0.391 e. The van der Waals surface area contributed by atoms with Crippen LogP contribution >= 0.6 is 0 Å². The summed E-state index contributed by atoms with van der Waals surface area (Å²) in [7, 11) is 0. The van der Waals surface area contributed by atoms with Gasteiger partial charge in [-0.25, -0.2) is 4.98 Å². The summed E-state index contributed by atoms with van der Waals surface area (Å²) < 4.78 is 1.93. The Morgan fingerprint density at radius 2 is 2.17 bits per heavy atom. The third-order valence-electron chi connectivity index (χ3n) is 4.44. The predicted octanol–water partition coefficient (Wildman–Crippen LogP) is 1.28. The number of nitrogens with one attached hydrogen (secondary N) is 1. The lowest BCUT2D eigenvalue weighted by atomic mass is 10.2. The highest BCUT2D eigenvalue weighted by atomic mass is 16.3. The van der Waals surface area contributed by atoms with Gasteiger partial charge in [-0.1, -0.05) is 6.07 Å². The van der Waals surface area contributed by atoms with Gasteiger partial charge in [-0.3, -0.25) is 14.9 Å². The summed E-state index contributed by atoms with van der Waals surface area (Å²) in [5, 5.41) is 12.6. The first kappa shape index (κ1) is 16.4. The highest BCUT2D eigenvalue weighted by Gasteiger charge is 2.37. The number of aromatic nitrogens is 2. The van der Waals surface area contributed by atoms with Crippen molar-refractivity contribution in [1.82, 2.24) is 14.5 Å². The van der Waals surface area contributed by atoms with Crippen LogP contribution < -0.4 is 5.32 Å². The van der Waals surface area contributed by atoms with E-state index in [0.717, 1.165) is 16.6 Å². The molecule has 1 fully saturated rings. The van der Waals surface area contributed by atoms with Gasteiger partial charge in [-0.05, 0) is 31.5 Å². The molecule has 128 valence electrons.